The molecule has 0 amide bonds. The van der Waals surface area contributed by atoms with Gasteiger partial charge < -0.3 is 24.4 Å². The van der Waals surface area contributed by atoms with Gasteiger partial charge in [-0.15, -0.1) is 24.8 Å². The first-order valence-corrected chi connectivity index (χ1v) is 11.0. The molecular formula is C26H33Cl2N3O3. The third kappa shape index (κ3) is 6.26. The highest BCUT2D eigenvalue weighted by molar-refractivity contribution is 5.85. The summed E-state index contributed by atoms with van der Waals surface area (Å²) in [6.07, 6.45) is 4.15. The molecule has 1 aliphatic heterocycles. The predicted molar refractivity (Wildman–Crippen MR) is 142 cm³/mol. The number of ether oxygens (including phenoxy) is 3. The number of halogens is 2. The molecule has 6 nitrogen and oxygen atoms in total. The number of anilines is 1. The predicted octanol–water partition coefficient (Wildman–Crippen LogP) is 5.38. The van der Waals surface area contributed by atoms with Crippen molar-refractivity contribution in [1.29, 1.82) is 0 Å². The number of para-hydroxylation sites is 1. The summed E-state index contributed by atoms with van der Waals surface area (Å²) in [4.78, 5) is 7.15. The molecule has 0 unspecified atom stereocenters. The highest BCUT2D eigenvalue weighted by atomic mass is 35.5. The van der Waals surface area contributed by atoms with Crippen molar-refractivity contribution in [2.75, 3.05) is 39.3 Å². The van der Waals surface area contributed by atoms with Crippen molar-refractivity contribution in [3.05, 3.63) is 66.4 Å². The lowest BCUT2D eigenvalue weighted by Gasteiger charge is -2.36. The lowest BCUT2D eigenvalue weighted by atomic mass is 10.0. The van der Waals surface area contributed by atoms with Gasteiger partial charge in [0.25, 0.3) is 0 Å². The van der Waals surface area contributed by atoms with Crippen molar-refractivity contribution < 1.29 is 14.2 Å². The molecule has 2 heterocycles. The van der Waals surface area contributed by atoms with Gasteiger partial charge in [-0.25, -0.2) is 0 Å². The fraction of sp³-hybridized carbons (Fsp3) is 0.346. The van der Waals surface area contributed by atoms with E-state index in [4.69, 9.17) is 14.2 Å². The molecule has 2 aromatic carbocycles. The first kappa shape index (κ1) is 27.6. The topological polar surface area (TPSA) is 55.9 Å². The van der Waals surface area contributed by atoms with Crippen molar-refractivity contribution in [3.63, 3.8) is 0 Å². The van der Waals surface area contributed by atoms with E-state index >= 15 is 0 Å². The molecule has 1 N–H and O–H groups in total. The number of methoxy groups -OCH3 is 3. The Morgan fingerprint density at radius 1 is 0.882 bits per heavy atom. The highest BCUT2D eigenvalue weighted by Gasteiger charge is 2.22. The van der Waals surface area contributed by atoms with E-state index in [0.29, 0.717) is 23.3 Å². The molecule has 4 rings (SSSR count). The molecule has 0 spiro atoms. The Kier molecular flexibility index (Phi) is 10.8. The van der Waals surface area contributed by atoms with Crippen LogP contribution in [0.15, 0.2) is 60.8 Å². The Morgan fingerprint density at radius 2 is 1.53 bits per heavy atom. The van der Waals surface area contributed by atoms with Crippen LogP contribution in [0, 0.1) is 0 Å². The Balaban J connectivity index is 0.00000204. The fourth-order valence-corrected chi connectivity index (χ4v) is 4.33. The van der Waals surface area contributed by atoms with Gasteiger partial charge in [-0.1, -0.05) is 18.2 Å². The molecule has 0 bridgehead atoms. The summed E-state index contributed by atoms with van der Waals surface area (Å²) in [6.45, 7) is 2.94. The van der Waals surface area contributed by atoms with E-state index in [1.807, 2.05) is 18.3 Å². The molecule has 1 fully saturated rings. The zero-order valence-corrected chi connectivity index (χ0v) is 21.5. The van der Waals surface area contributed by atoms with E-state index in [2.05, 4.69) is 57.7 Å². The van der Waals surface area contributed by atoms with Gasteiger partial charge in [0.1, 0.15) is 0 Å². The average molecular weight is 506 g/mol. The number of nitrogens with one attached hydrogen (secondary N) is 1. The molecule has 1 saturated heterocycles. The third-order valence-electron chi connectivity index (χ3n) is 5.98. The van der Waals surface area contributed by atoms with Gasteiger partial charge in [0.2, 0.25) is 5.75 Å². The van der Waals surface area contributed by atoms with Gasteiger partial charge in [0.05, 0.1) is 27.0 Å². The number of rotatable bonds is 8. The number of pyridine rings is 1. The summed E-state index contributed by atoms with van der Waals surface area (Å²) >= 11 is 0. The van der Waals surface area contributed by atoms with Crippen LogP contribution in [0.1, 0.15) is 18.4 Å². The Labute approximate surface area is 214 Å². The molecule has 0 aliphatic carbocycles. The number of aromatic nitrogens is 1. The molecule has 1 aliphatic rings. The minimum absolute atomic E-state index is 0. The van der Waals surface area contributed by atoms with E-state index in [0.717, 1.165) is 43.7 Å². The van der Waals surface area contributed by atoms with E-state index < -0.39 is 0 Å². The zero-order valence-electron chi connectivity index (χ0n) is 19.8. The summed E-state index contributed by atoms with van der Waals surface area (Å²) in [5.41, 5.74) is 4.27. The van der Waals surface area contributed by atoms with E-state index in [9.17, 15) is 0 Å². The smallest absolute Gasteiger partial charge is 0.203 e. The first-order valence-electron chi connectivity index (χ1n) is 11.0. The first-order chi connectivity index (χ1) is 15.7. The summed E-state index contributed by atoms with van der Waals surface area (Å²) in [7, 11) is 4.86. The van der Waals surface area contributed by atoms with Crippen LogP contribution in [0.25, 0.3) is 11.3 Å². The summed E-state index contributed by atoms with van der Waals surface area (Å²) < 4.78 is 16.5. The van der Waals surface area contributed by atoms with Crippen molar-refractivity contribution in [1.82, 2.24) is 10.3 Å². The largest absolute Gasteiger partial charge is 0.493 e. The minimum atomic E-state index is 0. The van der Waals surface area contributed by atoms with Crippen LogP contribution in [0.3, 0.4) is 0 Å². The molecule has 8 heteroatoms. The minimum Gasteiger partial charge on any atom is -0.493 e. The Bertz CT molecular complexity index is 1010. The maximum atomic E-state index is 5.53. The van der Waals surface area contributed by atoms with Crippen LogP contribution in [0.2, 0.25) is 0 Å². The molecule has 0 radical (unpaired) electrons. The van der Waals surface area contributed by atoms with Gasteiger partial charge in [0, 0.05) is 30.0 Å². The van der Waals surface area contributed by atoms with Crippen molar-refractivity contribution >= 4 is 30.5 Å². The van der Waals surface area contributed by atoms with Gasteiger partial charge in [0.15, 0.2) is 11.5 Å². The normalized spacial score (nSPS) is 13.3. The summed E-state index contributed by atoms with van der Waals surface area (Å²) in [5.74, 6) is 1.82. The number of piperidine rings is 1. The van der Waals surface area contributed by atoms with E-state index in [-0.39, 0.29) is 24.8 Å². The SMILES string of the molecule is COc1cc(-c2cc(CN(c3ccccc3)C3CCNCC3)ccn2)cc(OC)c1OC.Cl.Cl. The lowest BCUT2D eigenvalue weighted by molar-refractivity contribution is 0.324. The molecule has 1 aromatic heterocycles. The number of benzene rings is 2. The molecule has 0 saturated carbocycles. The van der Waals surface area contributed by atoms with Crippen LogP contribution < -0.4 is 24.4 Å². The monoisotopic (exact) mass is 505 g/mol. The standard InChI is InChI=1S/C26H31N3O3.2ClH/c1-30-24-16-20(17-25(31-2)26(24)32-3)23-15-19(9-14-28-23)18-29(21-7-5-4-6-8-21)22-10-12-27-13-11-22;;/h4-9,14-17,22,27H,10-13,18H2,1-3H3;2*1H. The van der Waals surface area contributed by atoms with Crippen LogP contribution >= 0.6 is 24.8 Å². The lowest BCUT2D eigenvalue weighted by Crippen LogP contribution is -2.43. The number of hydrogen-bond donors (Lipinski definition) is 1. The second-order valence-electron chi connectivity index (χ2n) is 7.91. The fourth-order valence-electron chi connectivity index (χ4n) is 4.33. The van der Waals surface area contributed by atoms with Gasteiger partial charge in [-0.3, -0.25) is 4.98 Å². The van der Waals surface area contributed by atoms with Crippen molar-refractivity contribution in [2.24, 2.45) is 0 Å². The molecular weight excluding hydrogens is 473 g/mol. The van der Waals surface area contributed by atoms with Crippen LogP contribution in [-0.2, 0) is 6.54 Å². The molecule has 34 heavy (non-hydrogen) atoms. The van der Waals surface area contributed by atoms with Crippen LogP contribution in [-0.4, -0.2) is 45.4 Å². The van der Waals surface area contributed by atoms with Crippen LogP contribution in [0.4, 0.5) is 5.69 Å². The van der Waals surface area contributed by atoms with Gasteiger partial charge in [-0.2, -0.15) is 0 Å². The Morgan fingerprint density at radius 3 is 2.12 bits per heavy atom. The van der Waals surface area contributed by atoms with E-state index in [1.165, 1.54) is 11.3 Å². The zero-order chi connectivity index (χ0) is 22.3. The maximum Gasteiger partial charge on any atom is 0.203 e. The highest BCUT2D eigenvalue weighted by Crippen LogP contribution is 2.41. The second-order valence-corrected chi connectivity index (χ2v) is 7.91. The quantitative estimate of drug-likeness (QED) is 0.443. The van der Waals surface area contributed by atoms with Crippen molar-refractivity contribution in [2.45, 2.75) is 25.4 Å². The summed E-state index contributed by atoms with van der Waals surface area (Å²) in [5, 5.41) is 3.48. The van der Waals surface area contributed by atoms with Gasteiger partial charge >= 0.3 is 0 Å². The number of nitrogens with zero attached hydrogens (tertiary/aromatic N) is 2. The van der Waals surface area contributed by atoms with E-state index in [1.54, 1.807) is 21.3 Å². The molecule has 184 valence electrons. The maximum absolute atomic E-state index is 5.53. The second kappa shape index (κ2) is 13.3. The summed E-state index contributed by atoms with van der Waals surface area (Å²) in [6, 6.07) is 19.3. The molecule has 3 aromatic rings. The van der Waals surface area contributed by atoms with Crippen molar-refractivity contribution in [3.8, 4) is 28.5 Å². The average Bonchev–Trinajstić information content (AvgIpc) is 2.87. The van der Waals surface area contributed by atoms with Gasteiger partial charge in [-0.05, 0) is 67.9 Å². The number of hydrogen-bond acceptors (Lipinski definition) is 6. The Hall–Kier alpha value is -2.67. The molecule has 0 atom stereocenters. The van der Waals surface area contributed by atoms with Crippen LogP contribution in [0.5, 0.6) is 17.2 Å². The third-order valence-corrected chi connectivity index (χ3v) is 5.98.